The van der Waals surface area contributed by atoms with Crippen molar-refractivity contribution < 1.29 is 0 Å². The zero-order valence-electron chi connectivity index (χ0n) is 11.0. The van der Waals surface area contributed by atoms with Crippen LogP contribution < -0.4 is 5.32 Å². The van der Waals surface area contributed by atoms with Crippen molar-refractivity contribution in [3.63, 3.8) is 0 Å². The minimum atomic E-state index is 0.466. The summed E-state index contributed by atoms with van der Waals surface area (Å²) in [4.78, 5) is 2.48. The number of nitrogens with one attached hydrogen (secondary N) is 1. The molecule has 1 aliphatic heterocycles. The van der Waals surface area contributed by atoms with Gasteiger partial charge in [-0.25, -0.2) is 0 Å². The van der Waals surface area contributed by atoms with Gasteiger partial charge < -0.3 is 5.32 Å². The van der Waals surface area contributed by atoms with E-state index in [1.165, 1.54) is 19.5 Å². The largest absolute Gasteiger partial charge is 0.360 e. The second-order valence-corrected chi connectivity index (χ2v) is 6.61. The van der Waals surface area contributed by atoms with Gasteiger partial charge >= 0.3 is 0 Å². The van der Waals surface area contributed by atoms with Crippen LogP contribution in [0.3, 0.4) is 0 Å². The third-order valence-electron chi connectivity index (χ3n) is 3.11. The monoisotopic (exact) mass is 254 g/mol. The van der Waals surface area contributed by atoms with Crippen LogP contribution in [0.4, 0.5) is 5.13 Å². The van der Waals surface area contributed by atoms with Crippen molar-refractivity contribution in [2.45, 2.75) is 40.2 Å². The number of aromatic nitrogens is 2. The summed E-state index contributed by atoms with van der Waals surface area (Å²) in [5.41, 5.74) is 0.466. The van der Waals surface area contributed by atoms with E-state index in [9.17, 15) is 0 Å². The van der Waals surface area contributed by atoms with Gasteiger partial charge in [0.1, 0.15) is 5.01 Å². The fourth-order valence-corrected chi connectivity index (χ4v) is 2.98. The number of rotatable bonds is 5. The molecule has 0 spiro atoms. The van der Waals surface area contributed by atoms with Gasteiger partial charge in [0.05, 0.1) is 6.54 Å². The van der Waals surface area contributed by atoms with Crippen LogP contribution in [0.5, 0.6) is 0 Å². The van der Waals surface area contributed by atoms with Crippen LogP contribution in [0.2, 0.25) is 0 Å². The highest BCUT2D eigenvalue weighted by molar-refractivity contribution is 7.15. The van der Waals surface area contributed by atoms with Gasteiger partial charge in [-0.15, -0.1) is 10.2 Å². The van der Waals surface area contributed by atoms with Gasteiger partial charge in [-0.3, -0.25) is 4.90 Å². The first-order valence-corrected chi connectivity index (χ1v) is 7.19. The summed E-state index contributed by atoms with van der Waals surface area (Å²) in [7, 11) is 0. The molecule has 5 heteroatoms. The van der Waals surface area contributed by atoms with Crippen LogP contribution in [0.15, 0.2) is 0 Å². The van der Waals surface area contributed by atoms with E-state index in [2.05, 4.69) is 41.2 Å². The van der Waals surface area contributed by atoms with E-state index in [4.69, 9.17) is 0 Å². The van der Waals surface area contributed by atoms with Gasteiger partial charge in [-0.1, -0.05) is 32.1 Å². The summed E-state index contributed by atoms with van der Waals surface area (Å²) >= 11 is 1.68. The fraction of sp³-hybridized carbons (Fsp3) is 0.833. The molecule has 96 valence electrons. The number of nitrogens with zero attached hydrogens (tertiary/aromatic N) is 3. The Morgan fingerprint density at radius 1 is 1.41 bits per heavy atom. The van der Waals surface area contributed by atoms with Crippen molar-refractivity contribution in [2.75, 3.05) is 25.0 Å². The van der Waals surface area contributed by atoms with Gasteiger partial charge in [-0.05, 0) is 24.8 Å². The zero-order valence-corrected chi connectivity index (χ0v) is 11.8. The van der Waals surface area contributed by atoms with Crippen molar-refractivity contribution in [1.82, 2.24) is 15.1 Å². The fourth-order valence-electron chi connectivity index (χ4n) is 2.17. The molecule has 1 saturated heterocycles. The Kier molecular flexibility index (Phi) is 3.99. The molecule has 0 bridgehead atoms. The molecule has 1 aromatic heterocycles. The van der Waals surface area contributed by atoms with E-state index in [1.54, 1.807) is 11.3 Å². The minimum Gasteiger partial charge on any atom is -0.360 e. The van der Waals surface area contributed by atoms with Gasteiger partial charge in [0, 0.05) is 13.1 Å². The molecule has 4 nitrogen and oxygen atoms in total. The topological polar surface area (TPSA) is 41.1 Å². The molecule has 1 aliphatic rings. The molecule has 0 amide bonds. The summed E-state index contributed by atoms with van der Waals surface area (Å²) in [5.74, 6) is 0. The van der Waals surface area contributed by atoms with Crippen LogP contribution in [0, 0.1) is 5.41 Å². The highest BCUT2D eigenvalue weighted by Gasteiger charge is 2.29. The Bertz CT molecular complexity index is 361. The molecule has 17 heavy (non-hydrogen) atoms. The quantitative estimate of drug-likeness (QED) is 0.877. The lowest BCUT2D eigenvalue weighted by Gasteiger charge is -2.18. The third-order valence-corrected chi connectivity index (χ3v) is 3.97. The van der Waals surface area contributed by atoms with Gasteiger partial charge in [0.2, 0.25) is 5.13 Å². The Hall–Kier alpha value is -0.680. The van der Waals surface area contributed by atoms with Crippen molar-refractivity contribution in [2.24, 2.45) is 5.41 Å². The van der Waals surface area contributed by atoms with Gasteiger partial charge in [-0.2, -0.15) is 0 Å². The maximum Gasteiger partial charge on any atom is 0.205 e. The van der Waals surface area contributed by atoms with Crippen LogP contribution >= 0.6 is 11.3 Å². The van der Waals surface area contributed by atoms with E-state index < -0.39 is 0 Å². The van der Waals surface area contributed by atoms with Gasteiger partial charge in [0.25, 0.3) is 0 Å². The first-order chi connectivity index (χ1) is 8.09. The molecule has 0 atom stereocenters. The lowest BCUT2D eigenvalue weighted by molar-refractivity contribution is 0.283. The molecule has 0 radical (unpaired) electrons. The first kappa shape index (κ1) is 12.8. The van der Waals surface area contributed by atoms with E-state index in [0.717, 1.165) is 29.6 Å². The van der Waals surface area contributed by atoms with E-state index in [0.29, 0.717) is 5.41 Å². The lowest BCUT2D eigenvalue weighted by Crippen LogP contribution is -2.22. The second kappa shape index (κ2) is 5.31. The normalized spacial score (nSPS) is 19.7. The Labute approximate surface area is 107 Å². The van der Waals surface area contributed by atoms with E-state index in [-0.39, 0.29) is 0 Å². The Morgan fingerprint density at radius 3 is 2.88 bits per heavy atom. The van der Waals surface area contributed by atoms with Crippen molar-refractivity contribution in [3.05, 3.63) is 5.01 Å². The summed E-state index contributed by atoms with van der Waals surface area (Å²) < 4.78 is 0. The molecule has 2 rings (SSSR count). The third kappa shape index (κ3) is 3.64. The number of anilines is 1. The predicted molar refractivity (Wildman–Crippen MR) is 72.4 cm³/mol. The predicted octanol–water partition coefficient (Wildman–Crippen LogP) is 2.59. The average Bonchev–Trinajstić information content (AvgIpc) is 2.83. The first-order valence-electron chi connectivity index (χ1n) is 6.38. The SMILES string of the molecule is CCCNc1nnc(CN2CCC(C)(C)C2)s1. The molecule has 1 fully saturated rings. The summed E-state index contributed by atoms with van der Waals surface area (Å²) in [5, 5.41) is 13.8. The minimum absolute atomic E-state index is 0.466. The summed E-state index contributed by atoms with van der Waals surface area (Å²) in [6, 6.07) is 0. The van der Waals surface area contributed by atoms with Crippen molar-refractivity contribution in [1.29, 1.82) is 0 Å². The molecular formula is C12H22N4S. The Balaban J connectivity index is 1.85. The van der Waals surface area contributed by atoms with Gasteiger partial charge in [0.15, 0.2) is 0 Å². The van der Waals surface area contributed by atoms with Crippen molar-refractivity contribution in [3.8, 4) is 0 Å². The molecule has 0 unspecified atom stereocenters. The number of likely N-dealkylation sites (tertiary alicyclic amines) is 1. The molecular weight excluding hydrogens is 232 g/mol. The zero-order chi connectivity index (χ0) is 12.3. The number of hydrogen-bond donors (Lipinski definition) is 1. The van der Waals surface area contributed by atoms with Crippen LogP contribution in [0.25, 0.3) is 0 Å². The highest BCUT2D eigenvalue weighted by Crippen LogP contribution is 2.30. The van der Waals surface area contributed by atoms with Crippen molar-refractivity contribution >= 4 is 16.5 Å². The van der Waals surface area contributed by atoms with Crippen LogP contribution in [-0.4, -0.2) is 34.7 Å². The summed E-state index contributed by atoms with van der Waals surface area (Å²) in [6.45, 7) is 11.1. The molecule has 1 N–H and O–H groups in total. The smallest absolute Gasteiger partial charge is 0.205 e. The van der Waals surface area contributed by atoms with Crippen LogP contribution in [-0.2, 0) is 6.54 Å². The highest BCUT2D eigenvalue weighted by atomic mass is 32.1. The second-order valence-electron chi connectivity index (χ2n) is 5.55. The number of hydrogen-bond acceptors (Lipinski definition) is 5. The average molecular weight is 254 g/mol. The standard InChI is InChI=1S/C12H22N4S/c1-4-6-13-11-15-14-10(17-11)8-16-7-5-12(2,3)9-16/h4-9H2,1-3H3,(H,13,15). The maximum absolute atomic E-state index is 4.24. The molecule has 0 aliphatic carbocycles. The molecule has 0 saturated carbocycles. The van der Waals surface area contributed by atoms with Crippen LogP contribution in [0.1, 0.15) is 38.6 Å². The lowest BCUT2D eigenvalue weighted by atomic mass is 9.93. The summed E-state index contributed by atoms with van der Waals surface area (Å²) in [6.07, 6.45) is 2.40. The molecule has 2 heterocycles. The molecule has 0 aromatic carbocycles. The van der Waals surface area contributed by atoms with E-state index >= 15 is 0 Å². The van der Waals surface area contributed by atoms with E-state index in [1.807, 2.05) is 0 Å². The molecule has 1 aromatic rings. The Morgan fingerprint density at radius 2 is 2.24 bits per heavy atom. The maximum atomic E-state index is 4.24.